The molecule has 16 heavy (non-hydrogen) atoms. The molecule has 0 bridgehead atoms. The second-order valence-corrected chi connectivity index (χ2v) is 5.93. The molecule has 0 saturated heterocycles. The first-order valence-electron chi connectivity index (χ1n) is 6.09. The van der Waals surface area contributed by atoms with Crippen LogP contribution in [0.15, 0.2) is 29.2 Å². The number of hydrogen-bond acceptors (Lipinski definition) is 2. The van der Waals surface area contributed by atoms with Gasteiger partial charge >= 0.3 is 0 Å². The van der Waals surface area contributed by atoms with Crippen molar-refractivity contribution in [1.82, 2.24) is 0 Å². The number of rotatable bonds is 4. The third kappa shape index (κ3) is 2.73. The molecular weight excluding hydrogens is 214 g/mol. The standard InChI is InChI=1S/C14H21NS/c1-10(2)11-7-13(8-11)15-12-5-4-6-14(9-12)16-3/h4-6,9-11,13,15H,7-8H2,1-3H3. The molecule has 0 amide bonds. The lowest BCUT2D eigenvalue weighted by Gasteiger charge is -2.39. The Morgan fingerprint density at radius 1 is 1.31 bits per heavy atom. The second kappa shape index (κ2) is 5.13. The first-order valence-corrected chi connectivity index (χ1v) is 7.32. The minimum Gasteiger partial charge on any atom is -0.382 e. The van der Waals surface area contributed by atoms with Crippen molar-refractivity contribution in [3.8, 4) is 0 Å². The van der Waals surface area contributed by atoms with E-state index in [0.29, 0.717) is 6.04 Å². The molecule has 2 heteroatoms. The average Bonchev–Trinajstić information content (AvgIpc) is 2.22. The quantitative estimate of drug-likeness (QED) is 0.783. The maximum absolute atomic E-state index is 3.62. The van der Waals surface area contributed by atoms with Gasteiger partial charge in [0.05, 0.1) is 0 Å². The summed E-state index contributed by atoms with van der Waals surface area (Å²) in [7, 11) is 0. The number of thioether (sulfide) groups is 1. The Morgan fingerprint density at radius 3 is 2.69 bits per heavy atom. The smallest absolute Gasteiger partial charge is 0.0353 e. The van der Waals surface area contributed by atoms with Gasteiger partial charge in [-0.15, -0.1) is 11.8 Å². The van der Waals surface area contributed by atoms with Gasteiger partial charge < -0.3 is 5.32 Å². The van der Waals surface area contributed by atoms with Crippen LogP contribution in [0.5, 0.6) is 0 Å². The first-order chi connectivity index (χ1) is 7.69. The maximum Gasteiger partial charge on any atom is 0.0353 e. The topological polar surface area (TPSA) is 12.0 Å². The molecule has 0 radical (unpaired) electrons. The molecule has 1 N–H and O–H groups in total. The van der Waals surface area contributed by atoms with E-state index in [1.807, 2.05) is 0 Å². The fourth-order valence-electron chi connectivity index (χ4n) is 2.27. The summed E-state index contributed by atoms with van der Waals surface area (Å²) in [6.45, 7) is 4.66. The third-order valence-electron chi connectivity index (χ3n) is 3.56. The van der Waals surface area contributed by atoms with Crippen molar-refractivity contribution in [2.75, 3.05) is 11.6 Å². The van der Waals surface area contributed by atoms with Crippen molar-refractivity contribution >= 4 is 17.4 Å². The van der Waals surface area contributed by atoms with Gasteiger partial charge in [0.1, 0.15) is 0 Å². The Balaban J connectivity index is 1.86. The third-order valence-corrected chi connectivity index (χ3v) is 4.28. The molecule has 1 nitrogen and oxygen atoms in total. The van der Waals surface area contributed by atoms with Crippen LogP contribution in [-0.4, -0.2) is 12.3 Å². The van der Waals surface area contributed by atoms with E-state index in [1.165, 1.54) is 23.4 Å². The van der Waals surface area contributed by atoms with Gasteiger partial charge in [-0.1, -0.05) is 19.9 Å². The van der Waals surface area contributed by atoms with Crippen LogP contribution in [0.3, 0.4) is 0 Å². The predicted molar refractivity (Wildman–Crippen MR) is 73.2 cm³/mol. The fraction of sp³-hybridized carbons (Fsp3) is 0.571. The zero-order valence-electron chi connectivity index (χ0n) is 10.4. The van der Waals surface area contributed by atoms with Gasteiger partial charge in [-0.25, -0.2) is 0 Å². The first kappa shape index (κ1) is 11.8. The van der Waals surface area contributed by atoms with Gasteiger partial charge in [0.2, 0.25) is 0 Å². The van der Waals surface area contributed by atoms with Crippen LogP contribution in [0.1, 0.15) is 26.7 Å². The van der Waals surface area contributed by atoms with Crippen molar-refractivity contribution < 1.29 is 0 Å². The van der Waals surface area contributed by atoms with Gasteiger partial charge in [-0.3, -0.25) is 0 Å². The van der Waals surface area contributed by atoms with Gasteiger partial charge in [-0.2, -0.15) is 0 Å². The molecule has 1 aliphatic carbocycles. The van der Waals surface area contributed by atoms with Crippen molar-refractivity contribution in [1.29, 1.82) is 0 Å². The highest BCUT2D eigenvalue weighted by Gasteiger charge is 2.30. The molecule has 0 spiro atoms. The Kier molecular flexibility index (Phi) is 3.80. The van der Waals surface area contributed by atoms with E-state index in [1.54, 1.807) is 11.8 Å². The molecule has 0 atom stereocenters. The van der Waals surface area contributed by atoms with E-state index in [9.17, 15) is 0 Å². The largest absolute Gasteiger partial charge is 0.382 e. The molecule has 0 aromatic heterocycles. The van der Waals surface area contributed by atoms with E-state index in [-0.39, 0.29) is 0 Å². The lowest BCUT2D eigenvalue weighted by atomic mass is 9.73. The zero-order valence-corrected chi connectivity index (χ0v) is 11.2. The molecule has 0 heterocycles. The van der Waals surface area contributed by atoms with E-state index < -0.39 is 0 Å². The molecular formula is C14H21NS. The summed E-state index contributed by atoms with van der Waals surface area (Å²) in [4.78, 5) is 1.34. The number of benzene rings is 1. The summed E-state index contributed by atoms with van der Waals surface area (Å²) < 4.78 is 0. The van der Waals surface area contributed by atoms with Crippen LogP contribution in [0.25, 0.3) is 0 Å². The minimum atomic E-state index is 0.699. The number of anilines is 1. The van der Waals surface area contributed by atoms with Crippen molar-refractivity contribution in [2.45, 2.75) is 37.6 Å². The summed E-state index contributed by atoms with van der Waals surface area (Å²) >= 11 is 1.80. The van der Waals surface area contributed by atoms with Gasteiger partial charge in [0.25, 0.3) is 0 Å². The Labute approximate surface area is 103 Å². The predicted octanol–water partition coefficient (Wildman–Crippen LogP) is 4.26. The SMILES string of the molecule is CSc1cccc(NC2CC(C(C)C)C2)c1. The number of hydrogen-bond donors (Lipinski definition) is 1. The Morgan fingerprint density at radius 2 is 2.06 bits per heavy atom. The Hall–Kier alpha value is -0.630. The van der Waals surface area contributed by atoms with Gasteiger partial charge in [0, 0.05) is 16.6 Å². The Bertz CT molecular complexity index is 342. The minimum absolute atomic E-state index is 0.699. The van der Waals surface area contributed by atoms with Crippen molar-refractivity contribution in [3.05, 3.63) is 24.3 Å². The molecule has 1 aromatic carbocycles. The molecule has 1 aromatic rings. The van der Waals surface area contributed by atoms with E-state index in [2.05, 4.69) is 49.7 Å². The maximum atomic E-state index is 3.62. The van der Waals surface area contributed by atoms with Crippen molar-refractivity contribution in [2.24, 2.45) is 11.8 Å². The normalized spacial score (nSPS) is 24.2. The summed E-state index contributed by atoms with van der Waals surface area (Å²) in [5, 5.41) is 3.62. The lowest BCUT2D eigenvalue weighted by molar-refractivity contribution is 0.212. The molecule has 0 unspecified atom stereocenters. The summed E-state index contributed by atoms with van der Waals surface area (Å²) in [6.07, 6.45) is 4.79. The van der Waals surface area contributed by atoms with Crippen molar-refractivity contribution in [3.63, 3.8) is 0 Å². The molecule has 1 aliphatic rings. The molecule has 1 fully saturated rings. The highest BCUT2D eigenvalue weighted by atomic mass is 32.2. The second-order valence-electron chi connectivity index (χ2n) is 5.05. The summed E-state index contributed by atoms with van der Waals surface area (Å²) in [6, 6.07) is 9.40. The average molecular weight is 235 g/mol. The monoisotopic (exact) mass is 235 g/mol. The van der Waals surface area contributed by atoms with E-state index in [0.717, 1.165) is 11.8 Å². The molecule has 1 saturated carbocycles. The van der Waals surface area contributed by atoms with Crippen LogP contribution in [-0.2, 0) is 0 Å². The van der Waals surface area contributed by atoms with Gasteiger partial charge in [-0.05, 0) is 49.1 Å². The van der Waals surface area contributed by atoms with Gasteiger partial charge in [0.15, 0.2) is 0 Å². The van der Waals surface area contributed by atoms with Crippen LogP contribution in [0.4, 0.5) is 5.69 Å². The summed E-state index contributed by atoms with van der Waals surface area (Å²) in [5.74, 6) is 1.77. The molecule has 0 aliphatic heterocycles. The van der Waals surface area contributed by atoms with E-state index in [4.69, 9.17) is 0 Å². The van der Waals surface area contributed by atoms with Crippen LogP contribution < -0.4 is 5.32 Å². The van der Waals surface area contributed by atoms with E-state index >= 15 is 0 Å². The van der Waals surface area contributed by atoms with Crippen LogP contribution >= 0.6 is 11.8 Å². The lowest BCUT2D eigenvalue weighted by Crippen LogP contribution is -2.37. The highest BCUT2D eigenvalue weighted by Crippen LogP contribution is 2.35. The zero-order chi connectivity index (χ0) is 11.5. The molecule has 88 valence electrons. The fourth-order valence-corrected chi connectivity index (χ4v) is 2.73. The summed E-state index contributed by atoms with van der Waals surface area (Å²) in [5.41, 5.74) is 1.28. The molecule has 2 rings (SSSR count). The van der Waals surface area contributed by atoms with Crippen LogP contribution in [0.2, 0.25) is 0 Å². The number of nitrogens with one attached hydrogen (secondary N) is 1. The highest BCUT2D eigenvalue weighted by molar-refractivity contribution is 7.98. The van der Waals surface area contributed by atoms with Crippen LogP contribution in [0, 0.1) is 11.8 Å².